The predicted molar refractivity (Wildman–Crippen MR) is 82.3 cm³/mol. The first-order valence-electron chi connectivity index (χ1n) is 7.43. The van der Waals surface area contributed by atoms with E-state index in [-0.39, 0.29) is 10.7 Å². The van der Waals surface area contributed by atoms with Gasteiger partial charge in [0.25, 0.3) is 0 Å². The van der Waals surface area contributed by atoms with E-state index in [1.54, 1.807) is 0 Å². The topological polar surface area (TPSA) is 93.2 Å². The van der Waals surface area contributed by atoms with Crippen molar-refractivity contribution in [1.29, 1.82) is 0 Å². The Morgan fingerprint density at radius 1 is 1.43 bits per heavy atom. The Bertz CT molecular complexity index is 561. The van der Waals surface area contributed by atoms with Crippen LogP contribution < -0.4 is 10.5 Å². The molecule has 0 spiro atoms. The van der Waals surface area contributed by atoms with Gasteiger partial charge in [-0.15, -0.1) is 0 Å². The Kier molecular flexibility index (Phi) is 5.23. The van der Waals surface area contributed by atoms with Crippen molar-refractivity contribution in [3.8, 4) is 0 Å². The fourth-order valence-electron chi connectivity index (χ4n) is 2.61. The van der Waals surface area contributed by atoms with Gasteiger partial charge in [0.05, 0.1) is 0 Å². The molecule has 0 saturated carbocycles. The first kappa shape index (κ1) is 16.3. The summed E-state index contributed by atoms with van der Waals surface area (Å²) in [6, 6.07) is 0. The Morgan fingerprint density at radius 3 is 2.67 bits per heavy atom. The maximum absolute atomic E-state index is 12.2. The fraction of sp³-hybridized carbons (Fsp3) is 0.769. The molecule has 0 aromatic carbocycles. The van der Waals surface area contributed by atoms with Gasteiger partial charge in [-0.05, 0) is 52.2 Å². The summed E-state index contributed by atoms with van der Waals surface area (Å²) in [6.07, 6.45) is 4.62. The van der Waals surface area contributed by atoms with Gasteiger partial charge in [-0.2, -0.15) is 5.10 Å². The minimum Gasteiger partial charge on any atom is -0.381 e. The number of aryl methyl sites for hydroxylation is 1. The normalized spacial score (nSPS) is 18.2. The molecule has 3 N–H and O–H groups in total. The van der Waals surface area contributed by atoms with E-state index in [4.69, 9.17) is 5.73 Å². The minimum absolute atomic E-state index is 0.0589. The number of nitrogens with two attached hydrogens (primary N) is 1. The summed E-state index contributed by atoms with van der Waals surface area (Å²) in [5, 5.41) is 3.97. The van der Waals surface area contributed by atoms with Gasteiger partial charge in [0.1, 0.15) is 4.90 Å². The third kappa shape index (κ3) is 4.18. The highest BCUT2D eigenvalue weighted by molar-refractivity contribution is 7.89. The molecule has 0 bridgehead atoms. The zero-order valence-electron chi connectivity index (χ0n) is 12.7. The van der Waals surface area contributed by atoms with Crippen LogP contribution in [0.2, 0.25) is 0 Å². The summed E-state index contributed by atoms with van der Waals surface area (Å²) in [7, 11) is -1.44. The minimum atomic E-state index is -3.56. The number of piperidine rings is 1. The Labute approximate surface area is 126 Å². The van der Waals surface area contributed by atoms with Gasteiger partial charge in [-0.1, -0.05) is 0 Å². The van der Waals surface area contributed by atoms with Crippen molar-refractivity contribution in [2.45, 2.75) is 37.6 Å². The van der Waals surface area contributed by atoms with Crippen LogP contribution in [0, 0.1) is 5.92 Å². The molecule has 0 radical (unpaired) electrons. The van der Waals surface area contributed by atoms with Crippen LogP contribution in [-0.2, 0) is 16.6 Å². The van der Waals surface area contributed by atoms with Crippen LogP contribution in [0.15, 0.2) is 11.1 Å². The maximum Gasteiger partial charge on any atom is 0.245 e. The first-order chi connectivity index (χ1) is 9.92. The molecule has 1 saturated heterocycles. The summed E-state index contributed by atoms with van der Waals surface area (Å²) in [6.45, 7) is 5.11. The molecule has 2 heterocycles. The molecule has 21 heavy (non-hydrogen) atoms. The van der Waals surface area contributed by atoms with E-state index in [9.17, 15) is 8.42 Å². The number of hydrogen-bond donors (Lipinski definition) is 2. The van der Waals surface area contributed by atoms with Crippen molar-refractivity contribution >= 4 is 15.8 Å². The van der Waals surface area contributed by atoms with Crippen molar-refractivity contribution in [2.24, 2.45) is 5.92 Å². The van der Waals surface area contributed by atoms with Crippen LogP contribution in [0.3, 0.4) is 0 Å². The van der Waals surface area contributed by atoms with E-state index >= 15 is 0 Å². The molecule has 1 aromatic rings. The molecule has 120 valence electrons. The number of aromatic nitrogens is 2. The molecule has 0 unspecified atom stereocenters. The van der Waals surface area contributed by atoms with Gasteiger partial charge in [-0.25, -0.2) is 13.1 Å². The van der Waals surface area contributed by atoms with Crippen LogP contribution >= 0.6 is 0 Å². The molecule has 1 aromatic heterocycles. The molecular weight excluding hydrogens is 290 g/mol. The molecule has 0 amide bonds. The largest absolute Gasteiger partial charge is 0.381 e. The van der Waals surface area contributed by atoms with Crippen LogP contribution in [0.25, 0.3) is 0 Å². The number of likely N-dealkylation sites (tertiary alicyclic amines) is 1. The summed E-state index contributed by atoms with van der Waals surface area (Å²) in [5.74, 6) is 0.656. The number of nitrogens with one attached hydrogen (secondary N) is 1. The van der Waals surface area contributed by atoms with E-state index in [0.717, 1.165) is 32.4 Å². The average molecular weight is 315 g/mol. The third-order valence-electron chi connectivity index (χ3n) is 4.05. The Balaban J connectivity index is 1.88. The number of rotatable bonds is 6. The lowest BCUT2D eigenvalue weighted by Crippen LogP contribution is -2.32. The van der Waals surface area contributed by atoms with Gasteiger partial charge in [0, 0.05) is 19.3 Å². The van der Waals surface area contributed by atoms with E-state index in [1.807, 2.05) is 6.92 Å². The van der Waals surface area contributed by atoms with Crippen LogP contribution in [0.1, 0.15) is 26.2 Å². The second-order valence-corrected chi connectivity index (χ2v) is 7.40. The monoisotopic (exact) mass is 315 g/mol. The summed E-state index contributed by atoms with van der Waals surface area (Å²) >= 11 is 0. The van der Waals surface area contributed by atoms with Crippen molar-refractivity contribution in [3.63, 3.8) is 0 Å². The number of anilines is 1. The zero-order chi connectivity index (χ0) is 15.5. The first-order valence-corrected chi connectivity index (χ1v) is 8.92. The number of sulfonamides is 1. The highest BCUT2D eigenvalue weighted by Crippen LogP contribution is 2.20. The Morgan fingerprint density at radius 2 is 2.10 bits per heavy atom. The third-order valence-corrected chi connectivity index (χ3v) is 5.53. The lowest BCUT2D eigenvalue weighted by Gasteiger charge is -2.28. The van der Waals surface area contributed by atoms with Gasteiger partial charge in [0.2, 0.25) is 10.0 Å². The van der Waals surface area contributed by atoms with Gasteiger partial charge < -0.3 is 10.6 Å². The fourth-order valence-corrected chi connectivity index (χ4v) is 3.73. The number of nitrogens with zero attached hydrogens (tertiary/aromatic N) is 3. The lowest BCUT2D eigenvalue weighted by molar-refractivity contribution is 0.213. The smallest absolute Gasteiger partial charge is 0.245 e. The van der Waals surface area contributed by atoms with E-state index < -0.39 is 10.0 Å². The molecule has 0 atom stereocenters. The summed E-state index contributed by atoms with van der Waals surface area (Å²) in [5.41, 5.74) is 5.68. The molecule has 0 aliphatic carbocycles. The van der Waals surface area contributed by atoms with Crippen molar-refractivity contribution in [1.82, 2.24) is 19.4 Å². The molecular formula is C13H25N5O2S. The van der Waals surface area contributed by atoms with Crippen LogP contribution in [0.5, 0.6) is 0 Å². The quantitative estimate of drug-likeness (QED) is 0.797. The molecule has 1 fully saturated rings. The maximum atomic E-state index is 12.2. The predicted octanol–water partition coefficient (Wildman–Crippen LogP) is 0.495. The summed E-state index contributed by atoms with van der Waals surface area (Å²) in [4.78, 5) is 2.38. The SMILES string of the molecule is CCn1cc(S(=O)(=O)NCCC2CCN(C)CC2)c(N)n1. The average Bonchev–Trinajstić information content (AvgIpc) is 2.83. The van der Waals surface area contributed by atoms with Crippen molar-refractivity contribution in [2.75, 3.05) is 32.4 Å². The highest BCUT2D eigenvalue weighted by Gasteiger charge is 2.22. The van der Waals surface area contributed by atoms with Gasteiger partial charge in [0.15, 0.2) is 5.82 Å². The lowest BCUT2D eigenvalue weighted by atomic mass is 9.94. The van der Waals surface area contributed by atoms with E-state index in [1.165, 1.54) is 10.9 Å². The molecule has 2 rings (SSSR count). The molecule has 1 aliphatic heterocycles. The second kappa shape index (κ2) is 6.76. The van der Waals surface area contributed by atoms with Crippen molar-refractivity contribution < 1.29 is 8.42 Å². The van der Waals surface area contributed by atoms with Gasteiger partial charge >= 0.3 is 0 Å². The van der Waals surface area contributed by atoms with Crippen LogP contribution in [0.4, 0.5) is 5.82 Å². The number of nitrogen functional groups attached to an aromatic ring is 1. The zero-order valence-corrected chi connectivity index (χ0v) is 13.6. The van der Waals surface area contributed by atoms with E-state index in [0.29, 0.717) is 19.0 Å². The second-order valence-electron chi connectivity index (χ2n) is 5.67. The summed E-state index contributed by atoms with van der Waals surface area (Å²) < 4.78 is 28.6. The van der Waals surface area contributed by atoms with E-state index in [2.05, 4.69) is 21.8 Å². The molecule has 1 aliphatic rings. The van der Waals surface area contributed by atoms with Gasteiger partial charge in [-0.3, -0.25) is 4.68 Å². The highest BCUT2D eigenvalue weighted by atomic mass is 32.2. The Hall–Kier alpha value is -1.12. The molecule has 8 heteroatoms. The number of hydrogen-bond acceptors (Lipinski definition) is 5. The standard InChI is InChI=1S/C13H25N5O2S/c1-3-18-10-12(13(14)16-18)21(19,20)15-7-4-11-5-8-17(2)9-6-11/h10-11,15H,3-9H2,1-2H3,(H2,14,16). The van der Waals surface area contributed by atoms with Crippen molar-refractivity contribution in [3.05, 3.63) is 6.20 Å². The van der Waals surface area contributed by atoms with Crippen LogP contribution in [-0.4, -0.2) is 49.8 Å². The molecule has 7 nitrogen and oxygen atoms in total.